The first-order valence-electron chi connectivity index (χ1n) is 6.91. The topological polar surface area (TPSA) is 9.23 Å². The standard InChI is InChI=1S/C18H20BrClO/c1-18(2,3)13-7-5-12(6-8-13)17(20)15-10-9-14(21-4)11-16(15)19/h5-11,17H,1-4H3. The van der Waals surface area contributed by atoms with Crippen LogP contribution in [0.2, 0.25) is 0 Å². The number of benzene rings is 2. The minimum Gasteiger partial charge on any atom is -0.497 e. The zero-order valence-corrected chi connectivity index (χ0v) is 15.1. The molecular weight excluding hydrogens is 348 g/mol. The van der Waals surface area contributed by atoms with Crippen LogP contribution < -0.4 is 4.74 Å². The zero-order chi connectivity index (χ0) is 15.6. The highest BCUT2D eigenvalue weighted by molar-refractivity contribution is 9.10. The van der Waals surface area contributed by atoms with Gasteiger partial charge in [-0.2, -0.15) is 0 Å². The molecule has 0 aliphatic carbocycles. The molecule has 0 N–H and O–H groups in total. The molecular formula is C18H20BrClO. The largest absolute Gasteiger partial charge is 0.497 e. The van der Waals surface area contributed by atoms with E-state index in [0.717, 1.165) is 21.3 Å². The zero-order valence-electron chi connectivity index (χ0n) is 12.8. The van der Waals surface area contributed by atoms with E-state index in [9.17, 15) is 0 Å². The van der Waals surface area contributed by atoms with Crippen LogP contribution in [0.15, 0.2) is 46.9 Å². The summed E-state index contributed by atoms with van der Waals surface area (Å²) >= 11 is 10.2. The van der Waals surface area contributed by atoms with Crippen molar-refractivity contribution in [2.45, 2.75) is 31.6 Å². The van der Waals surface area contributed by atoms with Gasteiger partial charge in [-0.05, 0) is 34.2 Å². The van der Waals surface area contributed by atoms with Gasteiger partial charge in [-0.15, -0.1) is 11.6 Å². The number of halogens is 2. The van der Waals surface area contributed by atoms with Gasteiger partial charge in [0, 0.05) is 4.47 Å². The monoisotopic (exact) mass is 366 g/mol. The van der Waals surface area contributed by atoms with Crippen molar-refractivity contribution in [3.05, 3.63) is 63.6 Å². The third kappa shape index (κ3) is 3.81. The van der Waals surface area contributed by atoms with Gasteiger partial charge in [-0.1, -0.05) is 67.0 Å². The Morgan fingerprint density at radius 1 is 1.05 bits per heavy atom. The van der Waals surface area contributed by atoms with Crippen molar-refractivity contribution >= 4 is 27.5 Å². The highest BCUT2D eigenvalue weighted by atomic mass is 79.9. The van der Waals surface area contributed by atoms with E-state index in [1.165, 1.54) is 5.56 Å². The molecule has 3 heteroatoms. The molecule has 0 heterocycles. The van der Waals surface area contributed by atoms with Crippen molar-refractivity contribution in [2.24, 2.45) is 0 Å². The maximum Gasteiger partial charge on any atom is 0.120 e. The number of rotatable bonds is 3. The summed E-state index contributed by atoms with van der Waals surface area (Å²) in [7, 11) is 1.66. The van der Waals surface area contributed by atoms with Gasteiger partial charge in [0.05, 0.1) is 12.5 Å². The van der Waals surface area contributed by atoms with Crippen molar-refractivity contribution in [1.29, 1.82) is 0 Å². The minimum absolute atomic E-state index is 0.154. The Kier molecular flexibility index (Phi) is 5.00. The summed E-state index contributed by atoms with van der Waals surface area (Å²) in [6.45, 7) is 6.63. The molecule has 0 spiro atoms. The molecule has 0 bridgehead atoms. The molecule has 1 nitrogen and oxygen atoms in total. The lowest BCUT2D eigenvalue weighted by Gasteiger charge is -2.20. The van der Waals surface area contributed by atoms with Crippen LogP contribution in [-0.4, -0.2) is 7.11 Å². The van der Waals surface area contributed by atoms with Gasteiger partial charge in [0.25, 0.3) is 0 Å². The second-order valence-corrected chi connectivity index (χ2v) is 7.41. The first-order valence-corrected chi connectivity index (χ1v) is 8.14. The smallest absolute Gasteiger partial charge is 0.120 e. The van der Waals surface area contributed by atoms with Crippen molar-refractivity contribution in [3.8, 4) is 5.75 Å². The summed E-state index contributed by atoms with van der Waals surface area (Å²) in [6.07, 6.45) is 0. The molecule has 2 aromatic carbocycles. The molecule has 0 fully saturated rings. The molecule has 0 radical (unpaired) electrons. The number of hydrogen-bond donors (Lipinski definition) is 0. The van der Waals surface area contributed by atoms with Crippen molar-refractivity contribution in [2.75, 3.05) is 7.11 Å². The SMILES string of the molecule is COc1ccc(C(Cl)c2ccc(C(C)(C)C)cc2)c(Br)c1. The van der Waals surface area contributed by atoms with Crippen LogP contribution >= 0.6 is 27.5 Å². The van der Waals surface area contributed by atoms with Crippen LogP contribution in [0.3, 0.4) is 0 Å². The Morgan fingerprint density at radius 3 is 2.14 bits per heavy atom. The number of ether oxygens (including phenoxy) is 1. The lowest BCUT2D eigenvalue weighted by atomic mass is 9.86. The quantitative estimate of drug-likeness (QED) is 0.597. The van der Waals surface area contributed by atoms with Crippen LogP contribution in [0.5, 0.6) is 5.75 Å². The van der Waals surface area contributed by atoms with E-state index >= 15 is 0 Å². The predicted octanol–water partition coefficient (Wildman–Crippen LogP) is 6.08. The highest BCUT2D eigenvalue weighted by Crippen LogP contribution is 2.36. The third-order valence-corrected chi connectivity index (χ3v) is 4.72. The molecule has 2 rings (SSSR count). The fourth-order valence-corrected chi connectivity index (χ4v) is 3.23. The van der Waals surface area contributed by atoms with Gasteiger partial charge in [-0.25, -0.2) is 0 Å². The number of methoxy groups -OCH3 is 1. The van der Waals surface area contributed by atoms with Crippen LogP contribution in [0.1, 0.15) is 42.8 Å². The molecule has 2 aromatic rings. The van der Waals surface area contributed by atoms with Gasteiger partial charge in [0.2, 0.25) is 0 Å². The summed E-state index contributed by atoms with van der Waals surface area (Å²) in [4.78, 5) is 0. The van der Waals surface area contributed by atoms with Gasteiger partial charge in [-0.3, -0.25) is 0 Å². The molecule has 0 aromatic heterocycles. The van der Waals surface area contributed by atoms with Gasteiger partial charge in [0.1, 0.15) is 5.75 Å². The Labute approximate surface area is 140 Å². The van der Waals surface area contributed by atoms with Crippen molar-refractivity contribution in [3.63, 3.8) is 0 Å². The number of hydrogen-bond acceptors (Lipinski definition) is 1. The average molecular weight is 368 g/mol. The van der Waals surface area contributed by atoms with E-state index in [4.69, 9.17) is 16.3 Å². The van der Waals surface area contributed by atoms with Crippen molar-refractivity contribution < 1.29 is 4.74 Å². The lowest BCUT2D eigenvalue weighted by Crippen LogP contribution is -2.10. The van der Waals surface area contributed by atoms with E-state index in [2.05, 4.69) is 61.0 Å². The lowest BCUT2D eigenvalue weighted by molar-refractivity contribution is 0.414. The molecule has 0 amide bonds. The fraction of sp³-hybridized carbons (Fsp3) is 0.333. The normalized spacial score (nSPS) is 13.0. The second kappa shape index (κ2) is 6.41. The maximum absolute atomic E-state index is 6.63. The Bertz CT molecular complexity index is 614. The molecule has 0 aliphatic heterocycles. The summed E-state index contributed by atoms with van der Waals surface area (Å²) in [6, 6.07) is 14.4. The summed E-state index contributed by atoms with van der Waals surface area (Å²) in [5, 5.41) is -0.181. The first-order chi connectivity index (χ1) is 9.82. The molecule has 0 aliphatic rings. The fourth-order valence-electron chi connectivity index (χ4n) is 2.17. The molecule has 1 atom stereocenters. The van der Waals surface area contributed by atoms with E-state index in [0.29, 0.717) is 0 Å². The average Bonchev–Trinajstić information content (AvgIpc) is 2.45. The van der Waals surface area contributed by atoms with Gasteiger partial charge in [0.15, 0.2) is 0 Å². The second-order valence-electron chi connectivity index (χ2n) is 6.12. The molecule has 0 saturated heterocycles. The van der Waals surface area contributed by atoms with Crippen LogP contribution in [-0.2, 0) is 5.41 Å². The predicted molar refractivity (Wildman–Crippen MR) is 93.5 cm³/mol. The minimum atomic E-state index is -0.181. The van der Waals surface area contributed by atoms with Gasteiger partial charge >= 0.3 is 0 Å². The van der Waals surface area contributed by atoms with Crippen LogP contribution in [0.4, 0.5) is 0 Å². The van der Waals surface area contributed by atoms with E-state index in [1.807, 2.05) is 18.2 Å². The Balaban J connectivity index is 2.30. The molecule has 1 unspecified atom stereocenters. The maximum atomic E-state index is 6.63. The van der Waals surface area contributed by atoms with Gasteiger partial charge < -0.3 is 4.74 Å². The highest BCUT2D eigenvalue weighted by Gasteiger charge is 2.17. The van der Waals surface area contributed by atoms with Crippen LogP contribution in [0, 0.1) is 0 Å². The summed E-state index contributed by atoms with van der Waals surface area (Å²) < 4.78 is 6.18. The third-order valence-electron chi connectivity index (χ3n) is 3.55. The van der Waals surface area contributed by atoms with Crippen LogP contribution in [0.25, 0.3) is 0 Å². The van der Waals surface area contributed by atoms with Crippen molar-refractivity contribution in [1.82, 2.24) is 0 Å². The van der Waals surface area contributed by atoms with E-state index in [1.54, 1.807) is 7.11 Å². The summed E-state index contributed by atoms with van der Waals surface area (Å²) in [5.74, 6) is 0.817. The Morgan fingerprint density at radius 2 is 1.67 bits per heavy atom. The molecule has 0 saturated carbocycles. The first kappa shape index (κ1) is 16.4. The molecule has 112 valence electrons. The van der Waals surface area contributed by atoms with E-state index < -0.39 is 0 Å². The Hall–Kier alpha value is -0.990. The molecule has 21 heavy (non-hydrogen) atoms. The number of alkyl halides is 1. The van der Waals surface area contributed by atoms with E-state index in [-0.39, 0.29) is 10.8 Å². The summed E-state index contributed by atoms with van der Waals surface area (Å²) in [5.41, 5.74) is 3.60.